The topological polar surface area (TPSA) is 18.5 Å². The molecule has 0 radical (unpaired) electrons. The summed E-state index contributed by atoms with van der Waals surface area (Å²) >= 11 is 0. The Hall–Kier alpha value is -0.0800. The molecular formula is C12H26O2. The Morgan fingerprint density at radius 1 is 1.00 bits per heavy atom. The van der Waals surface area contributed by atoms with Gasteiger partial charge in [0.25, 0.3) is 0 Å². The van der Waals surface area contributed by atoms with Gasteiger partial charge in [0.05, 0.1) is 6.10 Å². The molecule has 0 amide bonds. The van der Waals surface area contributed by atoms with Crippen LogP contribution in [0.3, 0.4) is 0 Å². The summed E-state index contributed by atoms with van der Waals surface area (Å²) < 4.78 is 11.0. The van der Waals surface area contributed by atoms with E-state index in [4.69, 9.17) is 9.47 Å². The molecule has 0 aliphatic carbocycles. The predicted octanol–water partition coefficient (Wildman–Crippen LogP) is 3.46. The van der Waals surface area contributed by atoms with Crippen molar-refractivity contribution in [1.82, 2.24) is 0 Å². The highest BCUT2D eigenvalue weighted by Gasteiger charge is 2.14. The van der Waals surface area contributed by atoms with Gasteiger partial charge in [0.2, 0.25) is 0 Å². The molecule has 0 aromatic rings. The molecule has 3 atom stereocenters. The van der Waals surface area contributed by atoms with Crippen LogP contribution in [0.4, 0.5) is 0 Å². The van der Waals surface area contributed by atoms with Gasteiger partial charge in [-0.2, -0.15) is 0 Å². The molecule has 0 aromatic heterocycles. The van der Waals surface area contributed by atoms with Gasteiger partial charge in [-0.15, -0.1) is 0 Å². The highest BCUT2D eigenvalue weighted by Crippen LogP contribution is 2.18. The average Bonchev–Trinajstić information content (AvgIpc) is 2.03. The first-order valence-electron chi connectivity index (χ1n) is 5.74. The number of hydrogen-bond acceptors (Lipinski definition) is 2. The molecule has 0 rings (SSSR count). The maximum atomic E-state index is 5.69. The lowest BCUT2D eigenvalue weighted by atomic mass is 9.92. The van der Waals surface area contributed by atoms with Crippen molar-refractivity contribution in [1.29, 1.82) is 0 Å². The molecule has 0 fully saturated rings. The lowest BCUT2D eigenvalue weighted by Crippen LogP contribution is -2.23. The minimum absolute atomic E-state index is 0.0747. The molecule has 0 aliphatic rings. The van der Waals surface area contributed by atoms with Gasteiger partial charge in [0, 0.05) is 6.61 Å². The van der Waals surface area contributed by atoms with Crippen molar-refractivity contribution in [2.24, 2.45) is 11.8 Å². The first-order valence-corrected chi connectivity index (χ1v) is 5.74. The summed E-state index contributed by atoms with van der Waals surface area (Å²) in [6.07, 6.45) is 1.32. The smallest absolute Gasteiger partial charge is 0.155 e. The fourth-order valence-electron chi connectivity index (χ4n) is 1.45. The average molecular weight is 202 g/mol. The van der Waals surface area contributed by atoms with Gasteiger partial charge in [-0.05, 0) is 39.0 Å². The van der Waals surface area contributed by atoms with Crippen LogP contribution in [0.1, 0.15) is 48.0 Å². The lowest BCUT2D eigenvalue weighted by Gasteiger charge is -2.23. The van der Waals surface area contributed by atoms with E-state index < -0.39 is 0 Å². The predicted molar refractivity (Wildman–Crippen MR) is 60.3 cm³/mol. The van der Waals surface area contributed by atoms with E-state index in [0.717, 1.165) is 12.3 Å². The van der Waals surface area contributed by atoms with E-state index in [1.807, 2.05) is 13.8 Å². The van der Waals surface area contributed by atoms with Crippen LogP contribution in [0.25, 0.3) is 0 Å². The van der Waals surface area contributed by atoms with Crippen molar-refractivity contribution in [3.63, 3.8) is 0 Å². The monoisotopic (exact) mass is 202 g/mol. The first kappa shape index (κ1) is 13.9. The summed E-state index contributed by atoms with van der Waals surface area (Å²) in [6.45, 7) is 13.6. The zero-order valence-electron chi connectivity index (χ0n) is 10.5. The van der Waals surface area contributed by atoms with Crippen molar-refractivity contribution in [2.75, 3.05) is 6.61 Å². The van der Waals surface area contributed by atoms with Crippen LogP contribution in [0.15, 0.2) is 0 Å². The normalized spacial score (nSPS) is 18.2. The van der Waals surface area contributed by atoms with Crippen molar-refractivity contribution in [2.45, 2.75) is 60.4 Å². The molecular weight excluding hydrogens is 176 g/mol. The van der Waals surface area contributed by atoms with Crippen LogP contribution in [0, 0.1) is 11.8 Å². The third-order valence-electron chi connectivity index (χ3n) is 2.67. The minimum atomic E-state index is -0.0747. The summed E-state index contributed by atoms with van der Waals surface area (Å²) in [5.74, 6) is 1.43. The van der Waals surface area contributed by atoms with Crippen molar-refractivity contribution in [3.05, 3.63) is 0 Å². The van der Waals surface area contributed by atoms with Gasteiger partial charge < -0.3 is 9.47 Å². The molecule has 2 heteroatoms. The Balaban J connectivity index is 3.68. The number of ether oxygens (including phenoxy) is 2. The van der Waals surface area contributed by atoms with Gasteiger partial charge in [-0.1, -0.05) is 20.8 Å². The molecule has 0 spiro atoms. The maximum Gasteiger partial charge on any atom is 0.155 e. The Labute approximate surface area is 89.0 Å². The summed E-state index contributed by atoms with van der Waals surface area (Å²) in [4.78, 5) is 0. The van der Waals surface area contributed by atoms with E-state index in [2.05, 4.69) is 27.7 Å². The van der Waals surface area contributed by atoms with Crippen LogP contribution >= 0.6 is 0 Å². The molecule has 0 saturated carbocycles. The molecule has 2 nitrogen and oxygen atoms in total. The van der Waals surface area contributed by atoms with E-state index in [9.17, 15) is 0 Å². The van der Waals surface area contributed by atoms with Gasteiger partial charge in [-0.25, -0.2) is 0 Å². The molecule has 0 aromatic carbocycles. The van der Waals surface area contributed by atoms with Crippen LogP contribution in [0.2, 0.25) is 0 Å². The van der Waals surface area contributed by atoms with E-state index >= 15 is 0 Å². The van der Waals surface area contributed by atoms with Gasteiger partial charge >= 0.3 is 0 Å². The van der Waals surface area contributed by atoms with E-state index in [0.29, 0.717) is 12.5 Å². The van der Waals surface area contributed by atoms with Crippen molar-refractivity contribution in [3.8, 4) is 0 Å². The van der Waals surface area contributed by atoms with E-state index in [-0.39, 0.29) is 12.4 Å². The minimum Gasteiger partial charge on any atom is -0.353 e. The van der Waals surface area contributed by atoms with Gasteiger partial charge in [0.15, 0.2) is 6.29 Å². The highest BCUT2D eigenvalue weighted by molar-refractivity contribution is 4.62. The van der Waals surface area contributed by atoms with Crippen molar-refractivity contribution < 1.29 is 9.47 Å². The molecule has 0 aliphatic heterocycles. The zero-order valence-corrected chi connectivity index (χ0v) is 10.5. The first-order chi connectivity index (χ1) is 6.47. The van der Waals surface area contributed by atoms with Crippen LogP contribution in [-0.2, 0) is 9.47 Å². The SMILES string of the molecule is CCOC(C)OC(C)CC(C)C(C)C. The fourth-order valence-corrected chi connectivity index (χ4v) is 1.45. The quantitative estimate of drug-likeness (QED) is 0.589. The van der Waals surface area contributed by atoms with Crippen LogP contribution < -0.4 is 0 Å². The second-order valence-corrected chi connectivity index (χ2v) is 4.43. The van der Waals surface area contributed by atoms with Crippen molar-refractivity contribution >= 4 is 0 Å². The van der Waals surface area contributed by atoms with Crippen LogP contribution in [-0.4, -0.2) is 19.0 Å². The van der Waals surface area contributed by atoms with Crippen LogP contribution in [0.5, 0.6) is 0 Å². The highest BCUT2D eigenvalue weighted by atomic mass is 16.7. The summed E-state index contributed by atoms with van der Waals surface area (Å²) in [7, 11) is 0. The molecule has 0 saturated heterocycles. The molecule has 14 heavy (non-hydrogen) atoms. The molecule has 0 bridgehead atoms. The Kier molecular flexibility index (Phi) is 7.20. The zero-order chi connectivity index (χ0) is 11.1. The van der Waals surface area contributed by atoms with Gasteiger partial charge in [-0.3, -0.25) is 0 Å². The lowest BCUT2D eigenvalue weighted by molar-refractivity contribution is -0.156. The number of hydrogen-bond donors (Lipinski definition) is 0. The molecule has 0 N–H and O–H groups in total. The number of rotatable bonds is 7. The van der Waals surface area contributed by atoms with Gasteiger partial charge in [0.1, 0.15) is 0 Å². The Morgan fingerprint density at radius 2 is 1.57 bits per heavy atom. The van der Waals surface area contributed by atoms with E-state index in [1.54, 1.807) is 0 Å². The molecule has 3 unspecified atom stereocenters. The third-order valence-corrected chi connectivity index (χ3v) is 2.67. The largest absolute Gasteiger partial charge is 0.353 e. The molecule has 86 valence electrons. The summed E-state index contributed by atoms with van der Waals surface area (Å²) in [5, 5.41) is 0. The molecule has 0 heterocycles. The Bertz CT molecular complexity index is 134. The summed E-state index contributed by atoms with van der Waals surface area (Å²) in [5.41, 5.74) is 0. The maximum absolute atomic E-state index is 5.69. The second kappa shape index (κ2) is 7.24. The standard InChI is InChI=1S/C12H26O2/c1-7-13-12(6)14-11(5)8-10(4)9(2)3/h9-12H,7-8H2,1-6H3. The summed E-state index contributed by atoms with van der Waals surface area (Å²) in [6, 6.07) is 0. The van der Waals surface area contributed by atoms with E-state index in [1.165, 1.54) is 0 Å². The second-order valence-electron chi connectivity index (χ2n) is 4.43. The third kappa shape index (κ3) is 6.39. The fraction of sp³-hybridized carbons (Fsp3) is 1.00. The Morgan fingerprint density at radius 3 is 2.00 bits per heavy atom.